The van der Waals surface area contributed by atoms with Gasteiger partial charge in [-0.1, -0.05) is 68.3 Å². The van der Waals surface area contributed by atoms with E-state index < -0.39 is 0 Å². The molecule has 0 saturated carbocycles. The minimum Gasteiger partial charge on any atom is -0.448 e. The van der Waals surface area contributed by atoms with E-state index in [1.807, 2.05) is 4.90 Å². The molecule has 4 heteroatoms. The number of carbonyl (C=O) groups excluding carboxylic acids is 1. The van der Waals surface area contributed by atoms with Crippen LogP contribution in [0.5, 0.6) is 0 Å². The van der Waals surface area contributed by atoms with Crippen LogP contribution in [0.15, 0.2) is 48.5 Å². The van der Waals surface area contributed by atoms with Gasteiger partial charge in [0.15, 0.2) is 0 Å². The zero-order valence-corrected chi connectivity index (χ0v) is 17.0. The van der Waals surface area contributed by atoms with E-state index in [0.717, 1.165) is 12.8 Å². The lowest BCUT2D eigenvalue weighted by Gasteiger charge is -2.47. The molecule has 2 fully saturated rings. The highest BCUT2D eigenvalue weighted by atomic mass is 16.6. The molecule has 152 valence electrons. The standard InChI is InChI=1S/C25H29NO3/c1-2-7-17-12-18-14-28-15-19(13-17)26(18)25(27)29-16-24-22-10-5-3-8-20(22)21-9-4-6-11-23(21)24/h3-6,8-11,17-19,24H,2,7,12-16H2,1H3. The second-order valence-electron chi connectivity index (χ2n) is 8.68. The second kappa shape index (κ2) is 7.83. The van der Waals surface area contributed by atoms with Crippen LogP contribution >= 0.6 is 0 Å². The summed E-state index contributed by atoms with van der Waals surface area (Å²) in [6.45, 7) is 3.91. The number of fused-ring (bicyclic) bond motifs is 5. The maximum absolute atomic E-state index is 13.1. The average Bonchev–Trinajstić information content (AvgIpc) is 3.05. The van der Waals surface area contributed by atoms with Crippen molar-refractivity contribution in [2.24, 2.45) is 5.92 Å². The largest absolute Gasteiger partial charge is 0.448 e. The van der Waals surface area contributed by atoms with E-state index in [-0.39, 0.29) is 24.1 Å². The number of morpholine rings is 1. The number of amides is 1. The molecule has 0 radical (unpaired) electrons. The molecular weight excluding hydrogens is 362 g/mol. The predicted molar refractivity (Wildman–Crippen MR) is 113 cm³/mol. The summed E-state index contributed by atoms with van der Waals surface area (Å²) in [5.41, 5.74) is 5.03. The number of benzene rings is 2. The molecule has 1 aliphatic carbocycles. The molecular formula is C25H29NO3. The first-order valence-corrected chi connectivity index (χ1v) is 11.0. The molecule has 5 rings (SSSR count). The maximum Gasteiger partial charge on any atom is 0.410 e. The van der Waals surface area contributed by atoms with E-state index in [1.54, 1.807) is 0 Å². The number of carbonyl (C=O) groups is 1. The first-order chi connectivity index (χ1) is 14.3. The monoisotopic (exact) mass is 391 g/mol. The van der Waals surface area contributed by atoms with E-state index in [2.05, 4.69) is 55.5 Å². The summed E-state index contributed by atoms with van der Waals surface area (Å²) in [5.74, 6) is 0.816. The van der Waals surface area contributed by atoms with E-state index in [4.69, 9.17) is 9.47 Å². The fourth-order valence-corrected chi connectivity index (χ4v) is 5.64. The molecule has 0 spiro atoms. The van der Waals surface area contributed by atoms with Crippen LogP contribution in [0.4, 0.5) is 4.79 Å². The molecule has 2 aliphatic heterocycles. The van der Waals surface area contributed by atoms with Gasteiger partial charge in [-0.05, 0) is 41.0 Å². The van der Waals surface area contributed by atoms with Gasteiger partial charge in [-0.25, -0.2) is 4.79 Å². The Hall–Kier alpha value is -2.33. The van der Waals surface area contributed by atoms with Crippen LogP contribution in [0.2, 0.25) is 0 Å². The molecule has 29 heavy (non-hydrogen) atoms. The third-order valence-electron chi connectivity index (χ3n) is 6.86. The van der Waals surface area contributed by atoms with E-state index in [9.17, 15) is 4.79 Å². The van der Waals surface area contributed by atoms with Gasteiger partial charge in [0, 0.05) is 5.92 Å². The lowest BCUT2D eigenvalue weighted by atomic mass is 9.83. The van der Waals surface area contributed by atoms with Gasteiger partial charge >= 0.3 is 6.09 Å². The van der Waals surface area contributed by atoms with E-state index in [0.29, 0.717) is 25.7 Å². The summed E-state index contributed by atoms with van der Waals surface area (Å²) in [6, 6.07) is 17.3. The summed E-state index contributed by atoms with van der Waals surface area (Å²) in [7, 11) is 0. The molecule has 0 N–H and O–H groups in total. The van der Waals surface area contributed by atoms with Crippen molar-refractivity contribution in [2.45, 2.75) is 50.6 Å². The maximum atomic E-state index is 13.1. The molecule has 2 bridgehead atoms. The van der Waals surface area contributed by atoms with Crippen molar-refractivity contribution in [1.29, 1.82) is 0 Å². The Morgan fingerprint density at radius 3 is 2.17 bits per heavy atom. The number of hydrogen-bond donors (Lipinski definition) is 0. The Labute approximate surface area is 172 Å². The van der Waals surface area contributed by atoms with Crippen LogP contribution in [0.1, 0.15) is 49.7 Å². The molecule has 2 heterocycles. The summed E-state index contributed by atoms with van der Waals surface area (Å²) in [6.07, 6.45) is 4.35. The van der Waals surface area contributed by atoms with Crippen LogP contribution < -0.4 is 0 Å². The summed E-state index contributed by atoms with van der Waals surface area (Å²) >= 11 is 0. The fourth-order valence-electron chi connectivity index (χ4n) is 5.64. The smallest absolute Gasteiger partial charge is 0.410 e. The number of nitrogens with zero attached hydrogens (tertiary/aromatic N) is 1. The van der Waals surface area contributed by atoms with Crippen molar-refractivity contribution >= 4 is 6.09 Å². The van der Waals surface area contributed by atoms with Gasteiger partial charge in [0.2, 0.25) is 0 Å². The van der Waals surface area contributed by atoms with Gasteiger partial charge in [0.25, 0.3) is 0 Å². The molecule has 2 atom stereocenters. The van der Waals surface area contributed by atoms with Crippen molar-refractivity contribution in [3.8, 4) is 11.1 Å². The Balaban J connectivity index is 1.31. The Morgan fingerprint density at radius 1 is 1.00 bits per heavy atom. The van der Waals surface area contributed by atoms with Gasteiger partial charge in [-0.3, -0.25) is 4.90 Å². The lowest BCUT2D eigenvalue weighted by Crippen LogP contribution is -2.59. The summed E-state index contributed by atoms with van der Waals surface area (Å²) in [5, 5.41) is 0. The van der Waals surface area contributed by atoms with Crippen molar-refractivity contribution in [3.63, 3.8) is 0 Å². The van der Waals surface area contributed by atoms with Crippen LogP contribution in [0, 0.1) is 5.92 Å². The Morgan fingerprint density at radius 2 is 1.59 bits per heavy atom. The van der Waals surface area contributed by atoms with E-state index >= 15 is 0 Å². The Bertz CT molecular complexity index is 836. The molecule has 2 saturated heterocycles. The molecule has 0 aromatic heterocycles. The average molecular weight is 392 g/mol. The highest BCUT2D eigenvalue weighted by Gasteiger charge is 2.42. The quantitative estimate of drug-likeness (QED) is 0.718. The molecule has 2 aromatic rings. The van der Waals surface area contributed by atoms with Crippen LogP contribution in [0.25, 0.3) is 11.1 Å². The fraction of sp³-hybridized carbons (Fsp3) is 0.480. The summed E-state index contributed by atoms with van der Waals surface area (Å²) in [4.78, 5) is 15.1. The molecule has 2 unspecified atom stereocenters. The normalized spacial score (nSPS) is 25.4. The third-order valence-corrected chi connectivity index (χ3v) is 6.86. The number of rotatable bonds is 4. The molecule has 2 aromatic carbocycles. The SMILES string of the molecule is CCCC1CC2COCC(C1)N2C(=O)OCC1c2ccccc2-c2ccccc21. The van der Waals surface area contributed by atoms with Crippen molar-refractivity contribution in [2.75, 3.05) is 19.8 Å². The summed E-state index contributed by atoms with van der Waals surface area (Å²) < 4.78 is 11.7. The number of hydrogen-bond acceptors (Lipinski definition) is 3. The third kappa shape index (κ3) is 3.33. The van der Waals surface area contributed by atoms with E-state index in [1.165, 1.54) is 35.1 Å². The van der Waals surface area contributed by atoms with Crippen molar-refractivity contribution < 1.29 is 14.3 Å². The number of ether oxygens (including phenoxy) is 2. The van der Waals surface area contributed by atoms with Crippen molar-refractivity contribution in [3.05, 3.63) is 59.7 Å². The number of piperidine rings is 1. The van der Waals surface area contributed by atoms with Gasteiger partial charge in [-0.2, -0.15) is 0 Å². The molecule has 4 nitrogen and oxygen atoms in total. The zero-order valence-electron chi connectivity index (χ0n) is 17.0. The predicted octanol–water partition coefficient (Wildman–Crippen LogP) is 5.22. The molecule has 3 aliphatic rings. The van der Waals surface area contributed by atoms with Gasteiger partial charge in [0.05, 0.1) is 25.3 Å². The topological polar surface area (TPSA) is 38.8 Å². The van der Waals surface area contributed by atoms with Gasteiger partial charge < -0.3 is 9.47 Å². The van der Waals surface area contributed by atoms with Crippen molar-refractivity contribution in [1.82, 2.24) is 4.90 Å². The molecule has 1 amide bonds. The second-order valence-corrected chi connectivity index (χ2v) is 8.68. The Kier molecular flexibility index (Phi) is 5.04. The highest BCUT2D eigenvalue weighted by molar-refractivity contribution is 5.79. The highest BCUT2D eigenvalue weighted by Crippen LogP contribution is 2.44. The minimum atomic E-state index is -0.167. The van der Waals surface area contributed by atoms with Crippen LogP contribution in [-0.2, 0) is 9.47 Å². The first-order valence-electron chi connectivity index (χ1n) is 11.0. The van der Waals surface area contributed by atoms with Crippen LogP contribution in [-0.4, -0.2) is 42.9 Å². The van der Waals surface area contributed by atoms with Gasteiger partial charge in [0.1, 0.15) is 6.61 Å². The van der Waals surface area contributed by atoms with Crippen LogP contribution in [0.3, 0.4) is 0 Å². The van der Waals surface area contributed by atoms with Gasteiger partial charge in [-0.15, -0.1) is 0 Å². The zero-order chi connectivity index (χ0) is 19.8. The lowest BCUT2D eigenvalue weighted by molar-refractivity contribution is -0.0795. The first kappa shape index (κ1) is 18.7. The minimum absolute atomic E-state index is 0.111.